The summed E-state index contributed by atoms with van der Waals surface area (Å²) in [6.45, 7) is 0. The number of nitrogens with zero attached hydrogens (tertiary/aromatic N) is 2. The van der Waals surface area contributed by atoms with Crippen LogP contribution in [0.1, 0.15) is 5.56 Å². The Labute approximate surface area is 162 Å². The van der Waals surface area contributed by atoms with Crippen molar-refractivity contribution in [3.8, 4) is 11.5 Å². The Morgan fingerprint density at radius 3 is 1.82 bits per heavy atom. The summed E-state index contributed by atoms with van der Waals surface area (Å²) in [6, 6.07) is 24.2. The van der Waals surface area contributed by atoms with Gasteiger partial charge in [-0.2, -0.15) is 0 Å². The van der Waals surface area contributed by atoms with Crippen molar-refractivity contribution in [3.63, 3.8) is 0 Å². The molecule has 3 rings (SSSR count). The van der Waals surface area contributed by atoms with Gasteiger partial charge in [0.2, 0.25) is 0 Å². The van der Waals surface area contributed by atoms with E-state index in [0.717, 1.165) is 0 Å². The van der Waals surface area contributed by atoms with E-state index in [1.165, 1.54) is 24.3 Å². The van der Waals surface area contributed by atoms with Gasteiger partial charge in [-0.05, 0) is 36.4 Å². The number of rotatable bonds is 8. The van der Waals surface area contributed by atoms with Crippen LogP contribution in [0.15, 0.2) is 90.1 Å². The van der Waals surface area contributed by atoms with E-state index in [4.69, 9.17) is 9.05 Å². The second-order valence-corrected chi connectivity index (χ2v) is 7.00. The topological polar surface area (TPSA) is 94.2 Å². The van der Waals surface area contributed by atoms with Crippen LogP contribution in [0.25, 0.3) is 0 Å². The van der Waals surface area contributed by atoms with E-state index >= 15 is 0 Å². The molecule has 0 spiro atoms. The lowest BCUT2D eigenvalue weighted by Gasteiger charge is -2.19. The molecule has 0 aliphatic carbocycles. The first-order valence-corrected chi connectivity index (χ1v) is 9.71. The van der Waals surface area contributed by atoms with Crippen LogP contribution >= 0.6 is 8.38 Å². The number of hydrogen-bond acceptors (Lipinski definition) is 6. The van der Waals surface area contributed by atoms with Crippen molar-refractivity contribution >= 4 is 19.8 Å². The number of hydrogen-bond donors (Lipinski definition) is 1. The van der Waals surface area contributed by atoms with Gasteiger partial charge in [-0.1, -0.05) is 41.6 Å². The van der Waals surface area contributed by atoms with Crippen LogP contribution < -0.4 is 9.05 Å². The standard InChI is InChI=1S/C20H17N2O5P/c23-21-20(16-11-13-17(14-12-16)22(24)25)15-28(26-18-7-3-1-4-8-18)27-19-9-5-2-6-10-19/h1-14,23H,15H2. The normalized spacial score (nSPS) is 11.2. The largest absolute Gasteiger partial charge is 0.438 e. The summed E-state index contributed by atoms with van der Waals surface area (Å²) >= 11 is 0. The molecule has 8 heteroatoms. The zero-order valence-electron chi connectivity index (χ0n) is 14.7. The third-order valence-electron chi connectivity index (χ3n) is 3.71. The Morgan fingerprint density at radius 1 is 0.893 bits per heavy atom. The van der Waals surface area contributed by atoms with E-state index in [1.54, 1.807) is 0 Å². The molecule has 0 amide bonds. The van der Waals surface area contributed by atoms with Crippen LogP contribution in [0.3, 0.4) is 0 Å². The summed E-state index contributed by atoms with van der Waals surface area (Å²) in [5, 5.41) is 23.7. The van der Waals surface area contributed by atoms with Gasteiger partial charge in [0.25, 0.3) is 14.1 Å². The fraction of sp³-hybridized carbons (Fsp3) is 0.0500. The second-order valence-electron chi connectivity index (χ2n) is 5.65. The van der Waals surface area contributed by atoms with Crippen LogP contribution in [0.2, 0.25) is 0 Å². The average molecular weight is 396 g/mol. The smallest absolute Gasteiger partial charge is 0.296 e. The molecule has 142 valence electrons. The van der Waals surface area contributed by atoms with Crippen molar-refractivity contribution in [3.05, 3.63) is 101 Å². The van der Waals surface area contributed by atoms with E-state index in [1.807, 2.05) is 60.7 Å². The molecule has 0 saturated heterocycles. The third-order valence-corrected chi connectivity index (χ3v) is 5.10. The number of benzene rings is 3. The van der Waals surface area contributed by atoms with E-state index in [-0.39, 0.29) is 11.8 Å². The van der Waals surface area contributed by atoms with Crippen LogP contribution in [0, 0.1) is 10.1 Å². The highest BCUT2D eigenvalue weighted by atomic mass is 31.2. The maximum absolute atomic E-state index is 10.8. The summed E-state index contributed by atoms with van der Waals surface area (Å²) in [5.41, 5.74) is 0.825. The predicted molar refractivity (Wildman–Crippen MR) is 107 cm³/mol. The van der Waals surface area contributed by atoms with Crippen molar-refractivity contribution in [2.75, 3.05) is 6.16 Å². The lowest BCUT2D eigenvalue weighted by molar-refractivity contribution is -0.384. The number of nitro benzene ring substituents is 1. The molecule has 0 aliphatic heterocycles. The van der Waals surface area contributed by atoms with E-state index in [0.29, 0.717) is 22.8 Å². The number of para-hydroxylation sites is 2. The molecule has 0 unspecified atom stereocenters. The highest BCUT2D eigenvalue weighted by Gasteiger charge is 2.21. The first kappa shape index (κ1) is 19.3. The summed E-state index contributed by atoms with van der Waals surface area (Å²) in [5.74, 6) is 1.26. The van der Waals surface area contributed by atoms with E-state index in [9.17, 15) is 15.3 Å². The molecular weight excluding hydrogens is 379 g/mol. The van der Waals surface area contributed by atoms with Gasteiger partial charge in [-0.3, -0.25) is 10.1 Å². The van der Waals surface area contributed by atoms with Crippen molar-refractivity contribution < 1.29 is 19.2 Å². The van der Waals surface area contributed by atoms with Crippen molar-refractivity contribution in [1.82, 2.24) is 0 Å². The van der Waals surface area contributed by atoms with Gasteiger partial charge in [0.1, 0.15) is 11.5 Å². The van der Waals surface area contributed by atoms with Crippen LogP contribution in [-0.4, -0.2) is 22.0 Å². The highest BCUT2D eigenvalue weighted by Crippen LogP contribution is 2.41. The van der Waals surface area contributed by atoms with E-state index < -0.39 is 13.3 Å². The number of oxime groups is 1. The SMILES string of the molecule is O=[N+]([O-])c1ccc(C(CP(Oc2ccccc2)Oc2ccccc2)=NO)cc1. The van der Waals surface area contributed by atoms with Gasteiger partial charge in [0.05, 0.1) is 16.8 Å². The Balaban J connectivity index is 1.80. The minimum atomic E-state index is -1.53. The Morgan fingerprint density at radius 2 is 1.39 bits per heavy atom. The van der Waals surface area contributed by atoms with Crippen molar-refractivity contribution in [2.45, 2.75) is 0 Å². The fourth-order valence-electron chi connectivity index (χ4n) is 2.36. The van der Waals surface area contributed by atoms with Crippen molar-refractivity contribution in [1.29, 1.82) is 0 Å². The maximum Gasteiger partial charge on any atom is 0.296 e. The third kappa shape index (κ3) is 5.28. The maximum atomic E-state index is 10.8. The van der Waals surface area contributed by atoms with Gasteiger partial charge in [-0.15, -0.1) is 0 Å². The Bertz CT molecular complexity index is 892. The van der Waals surface area contributed by atoms with Crippen LogP contribution in [0.4, 0.5) is 5.69 Å². The Hall–Kier alpha value is -3.44. The lowest BCUT2D eigenvalue weighted by Crippen LogP contribution is -2.11. The number of nitro groups is 1. The van der Waals surface area contributed by atoms with Gasteiger partial charge >= 0.3 is 0 Å². The number of non-ortho nitro benzene ring substituents is 1. The molecule has 0 heterocycles. The molecule has 0 aromatic heterocycles. The van der Waals surface area contributed by atoms with Crippen molar-refractivity contribution in [2.24, 2.45) is 5.16 Å². The monoisotopic (exact) mass is 396 g/mol. The molecule has 28 heavy (non-hydrogen) atoms. The summed E-state index contributed by atoms with van der Waals surface area (Å²) in [6.07, 6.45) is 0.188. The molecule has 0 atom stereocenters. The summed E-state index contributed by atoms with van der Waals surface area (Å²) in [4.78, 5) is 10.3. The first-order valence-electron chi connectivity index (χ1n) is 8.35. The van der Waals surface area contributed by atoms with Gasteiger partial charge in [-0.25, -0.2) is 0 Å². The molecule has 3 aromatic carbocycles. The summed E-state index contributed by atoms with van der Waals surface area (Å²) in [7, 11) is -1.53. The minimum Gasteiger partial charge on any atom is -0.438 e. The molecule has 3 aromatic rings. The van der Waals surface area contributed by atoms with E-state index in [2.05, 4.69) is 5.16 Å². The molecule has 0 fully saturated rings. The molecule has 7 nitrogen and oxygen atoms in total. The summed E-state index contributed by atoms with van der Waals surface area (Å²) < 4.78 is 12.0. The van der Waals surface area contributed by atoms with Crippen LogP contribution in [-0.2, 0) is 0 Å². The highest BCUT2D eigenvalue weighted by molar-refractivity contribution is 7.49. The average Bonchev–Trinajstić information content (AvgIpc) is 2.73. The molecule has 0 radical (unpaired) electrons. The molecule has 0 aliphatic rings. The predicted octanol–water partition coefficient (Wildman–Crippen LogP) is 5.24. The quantitative estimate of drug-likeness (QED) is 0.185. The molecular formula is C20H17N2O5P. The molecule has 0 bridgehead atoms. The van der Waals surface area contributed by atoms with Crippen LogP contribution in [0.5, 0.6) is 11.5 Å². The first-order chi connectivity index (χ1) is 13.7. The zero-order chi connectivity index (χ0) is 19.8. The van der Waals surface area contributed by atoms with Gasteiger partial charge < -0.3 is 14.3 Å². The van der Waals surface area contributed by atoms with Gasteiger partial charge in [0, 0.05) is 17.7 Å². The lowest BCUT2D eigenvalue weighted by atomic mass is 10.1. The zero-order valence-corrected chi connectivity index (χ0v) is 15.6. The fourth-order valence-corrected chi connectivity index (χ4v) is 3.73. The molecule has 1 N–H and O–H groups in total. The second kappa shape index (κ2) is 9.48. The van der Waals surface area contributed by atoms with Gasteiger partial charge in [0.15, 0.2) is 0 Å². The molecule has 0 saturated carbocycles. The Kier molecular flexibility index (Phi) is 6.54. The minimum absolute atomic E-state index is 0.0376.